The van der Waals surface area contributed by atoms with Gasteiger partial charge in [-0.25, -0.2) is 0 Å². The summed E-state index contributed by atoms with van der Waals surface area (Å²) in [5, 5.41) is 3.18. The van der Waals surface area contributed by atoms with Gasteiger partial charge in [-0.05, 0) is 45.9 Å². The predicted octanol–water partition coefficient (Wildman–Crippen LogP) is 2.42. The molecule has 1 aromatic carbocycles. The monoisotopic (exact) mass is 249 g/mol. The molecule has 0 aromatic heterocycles. The van der Waals surface area contributed by atoms with E-state index in [1.807, 2.05) is 14.0 Å². The van der Waals surface area contributed by atoms with Crippen molar-refractivity contribution in [3.8, 4) is 0 Å². The fourth-order valence-electron chi connectivity index (χ4n) is 2.82. The molecule has 3 heteroatoms. The summed E-state index contributed by atoms with van der Waals surface area (Å²) in [6.45, 7) is 9.74. The largest absolute Gasteiger partial charge is 0.344 e. The van der Waals surface area contributed by atoms with Gasteiger partial charge in [0, 0.05) is 5.56 Å². The minimum atomic E-state index is -0.616. The van der Waals surface area contributed by atoms with E-state index in [9.17, 15) is 0 Å². The van der Waals surface area contributed by atoms with Gasteiger partial charge in [-0.1, -0.05) is 17.7 Å². The number of hydrogen-bond donors (Lipinski definition) is 1. The molecule has 0 saturated carbocycles. The molecule has 1 N–H and O–H groups in total. The van der Waals surface area contributed by atoms with Crippen molar-refractivity contribution in [2.45, 2.75) is 39.5 Å². The van der Waals surface area contributed by atoms with Crippen LogP contribution in [-0.4, -0.2) is 26.3 Å². The zero-order chi connectivity index (χ0) is 13.3. The van der Waals surface area contributed by atoms with Crippen LogP contribution < -0.4 is 5.32 Å². The lowest BCUT2D eigenvalue weighted by Crippen LogP contribution is -2.47. The van der Waals surface area contributed by atoms with E-state index in [4.69, 9.17) is 9.47 Å². The van der Waals surface area contributed by atoms with Gasteiger partial charge in [0.05, 0.1) is 19.3 Å². The Labute approximate surface area is 109 Å². The molecule has 0 radical (unpaired) electrons. The second-order valence-corrected chi connectivity index (χ2v) is 5.33. The fraction of sp³-hybridized carbons (Fsp3) is 0.600. The number of benzene rings is 1. The summed E-state index contributed by atoms with van der Waals surface area (Å²) < 4.78 is 11.9. The van der Waals surface area contributed by atoms with Crippen molar-refractivity contribution in [3.05, 3.63) is 34.4 Å². The van der Waals surface area contributed by atoms with Crippen LogP contribution >= 0.6 is 0 Å². The summed E-state index contributed by atoms with van der Waals surface area (Å²) in [5.74, 6) is -0.616. The van der Waals surface area contributed by atoms with Gasteiger partial charge in [-0.2, -0.15) is 0 Å². The summed E-state index contributed by atoms with van der Waals surface area (Å²) in [6, 6.07) is 4.65. The Morgan fingerprint density at radius 2 is 1.61 bits per heavy atom. The summed E-state index contributed by atoms with van der Waals surface area (Å²) in [5.41, 5.74) is 4.92. The van der Waals surface area contributed by atoms with Crippen LogP contribution in [0.3, 0.4) is 0 Å². The van der Waals surface area contributed by atoms with Gasteiger partial charge in [-0.3, -0.25) is 0 Å². The van der Waals surface area contributed by atoms with Crippen molar-refractivity contribution < 1.29 is 9.47 Å². The van der Waals surface area contributed by atoms with E-state index >= 15 is 0 Å². The minimum absolute atomic E-state index is 0.282. The minimum Gasteiger partial charge on any atom is -0.344 e. The maximum Gasteiger partial charge on any atom is 0.192 e. The Morgan fingerprint density at radius 3 is 2.06 bits per heavy atom. The Bertz CT molecular complexity index is 411. The van der Waals surface area contributed by atoms with Gasteiger partial charge in [0.1, 0.15) is 0 Å². The number of likely N-dealkylation sites (N-methyl/N-ethyl adjacent to an activating group) is 1. The first-order valence-electron chi connectivity index (χ1n) is 6.50. The molecule has 0 atom stereocenters. The van der Waals surface area contributed by atoms with Crippen molar-refractivity contribution in [1.29, 1.82) is 0 Å². The molecule has 1 heterocycles. The van der Waals surface area contributed by atoms with E-state index in [1.54, 1.807) is 0 Å². The molecule has 0 spiro atoms. The maximum atomic E-state index is 5.97. The van der Waals surface area contributed by atoms with Gasteiger partial charge in [0.15, 0.2) is 5.79 Å². The molecule has 1 aliphatic heterocycles. The van der Waals surface area contributed by atoms with Gasteiger partial charge in [0.2, 0.25) is 0 Å². The molecule has 100 valence electrons. The van der Waals surface area contributed by atoms with Gasteiger partial charge >= 0.3 is 0 Å². The molecule has 1 aliphatic rings. The lowest BCUT2D eigenvalue weighted by molar-refractivity contribution is -0.273. The average Bonchev–Trinajstić information content (AvgIpc) is 2.28. The average molecular weight is 249 g/mol. The van der Waals surface area contributed by atoms with Crippen molar-refractivity contribution >= 4 is 0 Å². The zero-order valence-corrected chi connectivity index (χ0v) is 12.0. The molecule has 2 rings (SSSR count). The van der Waals surface area contributed by atoms with Crippen molar-refractivity contribution in [2.75, 3.05) is 20.3 Å². The Hall–Kier alpha value is -0.900. The summed E-state index contributed by atoms with van der Waals surface area (Å²) >= 11 is 0. The Balaban J connectivity index is 2.31. The van der Waals surface area contributed by atoms with Crippen molar-refractivity contribution in [3.63, 3.8) is 0 Å². The molecular formula is C15H23NO2. The van der Waals surface area contributed by atoms with Crippen LogP contribution in [0.25, 0.3) is 0 Å². The second-order valence-electron chi connectivity index (χ2n) is 5.33. The maximum absolute atomic E-state index is 5.97. The van der Waals surface area contributed by atoms with Gasteiger partial charge < -0.3 is 14.8 Å². The van der Waals surface area contributed by atoms with Gasteiger partial charge in [-0.15, -0.1) is 0 Å². The highest BCUT2D eigenvalue weighted by molar-refractivity contribution is 5.40. The quantitative estimate of drug-likeness (QED) is 0.873. The summed E-state index contributed by atoms with van der Waals surface area (Å²) in [7, 11) is 1.93. The Kier molecular flexibility index (Phi) is 3.76. The number of nitrogens with one attached hydrogen (secondary N) is 1. The molecule has 0 unspecified atom stereocenters. The number of rotatable bonds is 2. The molecule has 0 aliphatic carbocycles. The highest BCUT2D eigenvalue weighted by atomic mass is 16.7. The third-order valence-corrected chi connectivity index (χ3v) is 3.66. The van der Waals surface area contributed by atoms with Crippen LogP contribution in [-0.2, 0) is 15.3 Å². The van der Waals surface area contributed by atoms with Crippen LogP contribution in [0.1, 0.15) is 29.2 Å². The molecule has 0 bridgehead atoms. The summed E-state index contributed by atoms with van der Waals surface area (Å²) in [6.07, 6.45) is 0. The third-order valence-electron chi connectivity index (χ3n) is 3.66. The normalized spacial score (nSPS) is 28.4. The number of aryl methyl sites for hydroxylation is 3. The molecule has 18 heavy (non-hydrogen) atoms. The van der Waals surface area contributed by atoms with Crippen LogP contribution in [0.15, 0.2) is 12.1 Å². The lowest BCUT2D eigenvalue weighted by atomic mass is 9.93. The highest BCUT2D eigenvalue weighted by Gasteiger charge is 2.36. The number of hydrogen-bond acceptors (Lipinski definition) is 3. The zero-order valence-electron chi connectivity index (χ0n) is 12.0. The Morgan fingerprint density at radius 1 is 1.11 bits per heavy atom. The topological polar surface area (TPSA) is 30.5 Å². The van der Waals surface area contributed by atoms with E-state index < -0.39 is 5.79 Å². The highest BCUT2D eigenvalue weighted by Crippen LogP contribution is 2.35. The lowest BCUT2D eigenvalue weighted by Gasteiger charge is -2.39. The SMILES string of the molecule is CNC1COC(C)(c2c(C)cc(C)cc2C)OC1. The van der Waals surface area contributed by atoms with Crippen LogP contribution in [0.4, 0.5) is 0 Å². The number of ether oxygens (including phenoxy) is 2. The van der Waals surface area contributed by atoms with Crippen molar-refractivity contribution in [2.24, 2.45) is 0 Å². The second kappa shape index (κ2) is 5.00. The molecule has 0 amide bonds. The van der Waals surface area contributed by atoms with E-state index in [1.165, 1.54) is 22.3 Å². The molecule has 1 fully saturated rings. The van der Waals surface area contributed by atoms with E-state index in [0.717, 1.165) is 0 Å². The fourth-order valence-corrected chi connectivity index (χ4v) is 2.82. The van der Waals surface area contributed by atoms with E-state index in [0.29, 0.717) is 13.2 Å². The molecule has 1 aromatic rings. The van der Waals surface area contributed by atoms with Crippen LogP contribution in [0.5, 0.6) is 0 Å². The first-order valence-corrected chi connectivity index (χ1v) is 6.50. The van der Waals surface area contributed by atoms with Crippen LogP contribution in [0, 0.1) is 20.8 Å². The molecule has 3 nitrogen and oxygen atoms in total. The first-order chi connectivity index (χ1) is 8.46. The smallest absolute Gasteiger partial charge is 0.192 e. The van der Waals surface area contributed by atoms with Gasteiger partial charge in [0.25, 0.3) is 0 Å². The van der Waals surface area contributed by atoms with Crippen molar-refractivity contribution in [1.82, 2.24) is 5.32 Å². The molecule has 1 saturated heterocycles. The molecular weight excluding hydrogens is 226 g/mol. The van der Waals surface area contributed by atoms with E-state index in [2.05, 4.69) is 38.2 Å². The summed E-state index contributed by atoms with van der Waals surface area (Å²) in [4.78, 5) is 0. The third kappa shape index (κ3) is 2.44. The standard InChI is InChI=1S/C15H23NO2/c1-10-6-11(2)14(12(3)7-10)15(4)17-8-13(16-5)9-18-15/h6-7,13,16H,8-9H2,1-5H3. The van der Waals surface area contributed by atoms with E-state index in [-0.39, 0.29) is 6.04 Å². The first kappa shape index (κ1) is 13.5. The predicted molar refractivity (Wildman–Crippen MR) is 72.8 cm³/mol. The van der Waals surface area contributed by atoms with Crippen LogP contribution in [0.2, 0.25) is 0 Å².